The molecule has 0 fully saturated rings. The molecule has 0 aliphatic heterocycles. The first kappa shape index (κ1) is 32.4. The first-order valence-electron chi connectivity index (χ1n) is 10.0. The summed E-state index contributed by atoms with van der Waals surface area (Å²) in [4.78, 5) is 43.5. The molecule has 17 heteroatoms. The van der Waals surface area contributed by atoms with Crippen LogP contribution in [0.5, 0.6) is 0 Å². The fourth-order valence-electron chi connectivity index (χ4n) is 2.08. The van der Waals surface area contributed by atoms with Gasteiger partial charge in [-0.3, -0.25) is 13.8 Å². The summed E-state index contributed by atoms with van der Waals surface area (Å²) < 4.78 is 70.6. The van der Waals surface area contributed by atoms with Gasteiger partial charge in [0.2, 0.25) is 12.0 Å². The molecule has 0 aromatic rings. The van der Waals surface area contributed by atoms with Gasteiger partial charge in [-0.25, -0.2) is 4.79 Å². The fourth-order valence-corrected chi connectivity index (χ4v) is 4.34. The number of carbonyl (C=O) groups excluding carboxylic acids is 3. The molecule has 0 aromatic carbocycles. The van der Waals surface area contributed by atoms with Crippen LogP contribution in [0.15, 0.2) is 0 Å². The van der Waals surface area contributed by atoms with Crippen LogP contribution in [0.1, 0.15) is 41.0 Å². The van der Waals surface area contributed by atoms with Gasteiger partial charge < -0.3 is 14.8 Å². The van der Waals surface area contributed by atoms with Crippen LogP contribution >= 0.6 is 16.5 Å². The molecule has 2 N–H and O–H groups in total. The second kappa shape index (κ2) is 15.4. The monoisotopic (exact) mass is 551 g/mol. The summed E-state index contributed by atoms with van der Waals surface area (Å²) in [6.45, 7) is 6.00. The van der Waals surface area contributed by atoms with Crippen LogP contribution < -0.4 is 5.32 Å². The van der Waals surface area contributed by atoms with Gasteiger partial charge in [0.25, 0.3) is 10.1 Å². The van der Waals surface area contributed by atoms with Crippen LogP contribution in [0.3, 0.4) is 0 Å². The van der Waals surface area contributed by atoms with Crippen LogP contribution in [0.2, 0.25) is 0 Å². The van der Waals surface area contributed by atoms with Crippen molar-refractivity contribution in [3.63, 3.8) is 0 Å². The summed E-state index contributed by atoms with van der Waals surface area (Å²) in [6.07, 6.45) is -1.68. The Morgan fingerprint density at radius 3 is 2.12 bits per heavy atom. The Labute approximate surface area is 200 Å². The molecule has 0 bridgehead atoms. The van der Waals surface area contributed by atoms with Gasteiger partial charge >= 0.3 is 28.4 Å². The van der Waals surface area contributed by atoms with E-state index in [2.05, 4.69) is 9.63 Å². The van der Waals surface area contributed by atoms with E-state index >= 15 is 0 Å². The molecule has 2 unspecified atom stereocenters. The Morgan fingerprint density at radius 1 is 1.06 bits per heavy atom. The van der Waals surface area contributed by atoms with E-state index < -0.39 is 68.4 Å². The summed E-state index contributed by atoms with van der Waals surface area (Å²) in [5.41, 5.74) is -1.48. The van der Waals surface area contributed by atoms with Gasteiger partial charge in [-0.15, -0.1) is 9.42 Å². The molecule has 0 radical (unpaired) electrons. The third-order valence-corrected chi connectivity index (χ3v) is 6.59. The van der Waals surface area contributed by atoms with E-state index in [1.54, 1.807) is 13.8 Å². The predicted molar refractivity (Wildman–Crippen MR) is 117 cm³/mol. The van der Waals surface area contributed by atoms with Crippen molar-refractivity contribution in [1.82, 2.24) is 5.32 Å². The van der Waals surface area contributed by atoms with Crippen molar-refractivity contribution in [2.45, 2.75) is 47.1 Å². The van der Waals surface area contributed by atoms with Gasteiger partial charge in [0, 0.05) is 28.0 Å². The molecular formula is C17H31NO13P2S+2. The molecule has 0 rings (SSSR count). The highest BCUT2D eigenvalue weighted by molar-refractivity contribution is 7.86. The summed E-state index contributed by atoms with van der Waals surface area (Å²) in [7, 11) is -10.6. The zero-order valence-electron chi connectivity index (χ0n) is 19.5. The van der Waals surface area contributed by atoms with Crippen molar-refractivity contribution >= 4 is 44.5 Å². The van der Waals surface area contributed by atoms with E-state index in [-0.39, 0.29) is 32.1 Å². The lowest BCUT2D eigenvalue weighted by molar-refractivity contribution is -0.163. The van der Waals surface area contributed by atoms with E-state index in [4.69, 9.17) is 23.1 Å². The summed E-state index contributed by atoms with van der Waals surface area (Å²) in [5.74, 6) is -2.80. The van der Waals surface area contributed by atoms with E-state index in [0.717, 1.165) is 0 Å². The molecular weight excluding hydrogens is 520 g/mol. The number of hydrogen-bond donors (Lipinski definition) is 2. The number of rotatable bonds is 17. The lowest BCUT2D eigenvalue weighted by atomic mass is 9.87. The Balaban J connectivity index is 5.16. The SMILES string of the molecule is CC(=O)NCCCS(=O)(=O)OCC(C)(C)[C@@H](O[P+](=O)O[P+](=O)O)C(=O)OCCOC(=O)C(C)C. The maximum Gasteiger partial charge on any atom is 0.748 e. The molecule has 1 amide bonds. The third kappa shape index (κ3) is 14.6. The highest BCUT2D eigenvalue weighted by atomic mass is 32.2. The molecule has 0 aromatic heterocycles. The minimum absolute atomic E-state index is 0.0721. The van der Waals surface area contributed by atoms with Gasteiger partial charge in [-0.1, -0.05) is 27.7 Å². The molecule has 0 aliphatic rings. The van der Waals surface area contributed by atoms with Crippen LogP contribution in [0.25, 0.3) is 0 Å². The predicted octanol–water partition coefficient (Wildman–Crippen LogP) is 1.34. The molecule has 3 atom stereocenters. The molecule has 34 heavy (non-hydrogen) atoms. The minimum Gasteiger partial charge on any atom is -0.462 e. The van der Waals surface area contributed by atoms with Gasteiger partial charge in [0.05, 0.1) is 18.3 Å². The Morgan fingerprint density at radius 2 is 1.62 bits per heavy atom. The number of amides is 1. The highest BCUT2D eigenvalue weighted by Crippen LogP contribution is 2.41. The van der Waals surface area contributed by atoms with E-state index in [1.165, 1.54) is 20.8 Å². The Bertz CT molecular complexity index is 844. The highest BCUT2D eigenvalue weighted by Gasteiger charge is 2.49. The molecule has 0 saturated carbocycles. The average molecular weight is 551 g/mol. The number of esters is 2. The fraction of sp³-hybridized carbons (Fsp3) is 0.824. The van der Waals surface area contributed by atoms with Gasteiger partial charge in [-0.05, 0) is 6.42 Å². The quantitative estimate of drug-likeness (QED) is 0.114. The number of carbonyl (C=O) groups is 3. The molecule has 196 valence electrons. The molecule has 0 heterocycles. The van der Waals surface area contributed by atoms with Crippen molar-refractivity contribution in [3.05, 3.63) is 0 Å². The van der Waals surface area contributed by atoms with E-state index in [0.29, 0.717) is 0 Å². The van der Waals surface area contributed by atoms with Crippen molar-refractivity contribution < 1.29 is 59.3 Å². The van der Waals surface area contributed by atoms with Crippen molar-refractivity contribution in [3.8, 4) is 0 Å². The maximum absolute atomic E-state index is 12.5. The Kier molecular flexibility index (Phi) is 14.7. The lowest BCUT2D eigenvalue weighted by Gasteiger charge is -2.27. The Hall–Kier alpha value is -1.60. The normalized spacial score (nSPS) is 13.7. The first-order chi connectivity index (χ1) is 15.6. The topological polar surface area (TPSA) is 198 Å². The standard InChI is InChI=1S/C17H29NO13P2S/c1-12(2)15(20)27-8-9-28-16(21)14(30-33(24)31-32(22)23)17(4,5)11-29-34(25,26)10-6-7-18-13(3)19/h12,14H,6-11H2,1-5H3/p+2/t14-/m0/s1. The average Bonchev–Trinajstić information content (AvgIpc) is 2.70. The van der Waals surface area contributed by atoms with E-state index in [9.17, 15) is 31.9 Å². The first-order valence-corrected chi connectivity index (χ1v) is 13.8. The number of nitrogens with one attached hydrogen (secondary N) is 1. The van der Waals surface area contributed by atoms with Crippen molar-refractivity contribution in [2.75, 3.05) is 32.1 Å². The number of hydrogen-bond acceptors (Lipinski definition) is 12. The van der Waals surface area contributed by atoms with Crippen molar-refractivity contribution in [1.29, 1.82) is 0 Å². The zero-order chi connectivity index (χ0) is 26.5. The van der Waals surface area contributed by atoms with Crippen LogP contribution in [0.4, 0.5) is 0 Å². The molecule has 0 aliphatic carbocycles. The second-order valence-electron chi connectivity index (χ2n) is 7.87. The maximum atomic E-state index is 12.5. The van der Waals surface area contributed by atoms with Crippen LogP contribution in [0, 0.1) is 11.3 Å². The van der Waals surface area contributed by atoms with Crippen LogP contribution in [-0.4, -0.2) is 69.4 Å². The van der Waals surface area contributed by atoms with Crippen molar-refractivity contribution in [2.24, 2.45) is 11.3 Å². The smallest absolute Gasteiger partial charge is 0.462 e. The summed E-state index contributed by atoms with van der Waals surface area (Å²) in [6, 6.07) is 0. The minimum atomic E-state index is -4.07. The summed E-state index contributed by atoms with van der Waals surface area (Å²) in [5, 5.41) is 2.44. The molecule has 0 saturated heterocycles. The summed E-state index contributed by atoms with van der Waals surface area (Å²) >= 11 is 0. The van der Waals surface area contributed by atoms with Crippen LogP contribution in [-0.2, 0) is 56.1 Å². The molecule has 0 spiro atoms. The van der Waals surface area contributed by atoms with Gasteiger partial charge in [0.1, 0.15) is 13.2 Å². The zero-order valence-corrected chi connectivity index (χ0v) is 22.2. The van der Waals surface area contributed by atoms with Gasteiger partial charge in [-0.2, -0.15) is 8.42 Å². The molecule has 14 nitrogen and oxygen atoms in total. The lowest BCUT2D eigenvalue weighted by Crippen LogP contribution is -2.43. The third-order valence-electron chi connectivity index (χ3n) is 3.85. The largest absolute Gasteiger partial charge is 0.748 e. The van der Waals surface area contributed by atoms with E-state index in [1.807, 2.05) is 0 Å². The second-order valence-corrected chi connectivity index (χ2v) is 11.4. The van der Waals surface area contributed by atoms with Gasteiger partial charge in [0.15, 0.2) is 4.31 Å². The number of ether oxygens (including phenoxy) is 2.